The Hall–Kier alpha value is -3.23. The molecule has 4 rings (SSSR count). The van der Waals surface area contributed by atoms with E-state index in [2.05, 4.69) is 15.4 Å². The van der Waals surface area contributed by atoms with E-state index in [0.717, 1.165) is 11.1 Å². The number of amides is 1. The Balaban J connectivity index is 1.72. The number of halogens is 1. The number of nitrogens with one attached hydrogen (secondary N) is 1. The number of hydrogen-bond donors (Lipinski definition) is 1. The van der Waals surface area contributed by atoms with Crippen LogP contribution in [0.15, 0.2) is 76.9 Å². The van der Waals surface area contributed by atoms with Crippen LogP contribution < -0.4 is 10.3 Å². The maximum atomic E-state index is 13.1. The van der Waals surface area contributed by atoms with Crippen LogP contribution in [0.25, 0.3) is 0 Å². The second kappa shape index (κ2) is 7.89. The number of aromatic nitrogens is 1. The van der Waals surface area contributed by atoms with Crippen LogP contribution in [-0.4, -0.2) is 24.4 Å². The third-order valence-corrected chi connectivity index (χ3v) is 6.41. The molecule has 7 nitrogen and oxygen atoms in total. The van der Waals surface area contributed by atoms with Gasteiger partial charge in [-0.25, -0.2) is 18.4 Å². The van der Waals surface area contributed by atoms with Crippen molar-refractivity contribution in [3.63, 3.8) is 0 Å². The van der Waals surface area contributed by atoms with E-state index < -0.39 is 20.8 Å². The predicted octanol–water partition coefficient (Wildman–Crippen LogP) is 3.60. The molecule has 1 N–H and O–H groups in total. The summed E-state index contributed by atoms with van der Waals surface area (Å²) in [4.78, 5) is 16.9. The van der Waals surface area contributed by atoms with Crippen molar-refractivity contribution in [1.82, 2.24) is 10.3 Å². The minimum atomic E-state index is -4.14. The van der Waals surface area contributed by atoms with Crippen molar-refractivity contribution in [3.05, 3.63) is 83.0 Å². The molecule has 0 spiro atoms. The Morgan fingerprint density at radius 1 is 1.10 bits per heavy atom. The van der Waals surface area contributed by atoms with Gasteiger partial charge in [-0.05, 0) is 48.9 Å². The highest BCUT2D eigenvalue weighted by Gasteiger charge is 2.38. The van der Waals surface area contributed by atoms with Crippen molar-refractivity contribution in [2.45, 2.75) is 18.4 Å². The predicted molar refractivity (Wildman–Crippen MR) is 115 cm³/mol. The van der Waals surface area contributed by atoms with Crippen molar-refractivity contribution >= 4 is 43.9 Å². The monoisotopic (exact) mass is 440 g/mol. The van der Waals surface area contributed by atoms with E-state index >= 15 is 0 Å². The van der Waals surface area contributed by atoms with Gasteiger partial charge in [-0.2, -0.15) is 0 Å². The zero-order chi connectivity index (χ0) is 21.3. The van der Waals surface area contributed by atoms with Gasteiger partial charge in [0.1, 0.15) is 4.90 Å². The Morgan fingerprint density at radius 3 is 2.60 bits per heavy atom. The lowest BCUT2D eigenvalue weighted by Gasteiger charge is -2.26. The molecule has 1 aliphatic rings. The average Bonchev–Trinajstić information content (AvgIpc) is 2.73. The number of pyridine rings is 1. The summed E-state index contributed by atoms with van der Waals surface area (Å²) < 4.78 is 26.1. The van der Waals surface area contributed by atoms with Crippen LogP contribution in [0.4, 0.5) is 11.5 Å². The van der Waals surface area contributed by atoms with Crippen molar-refractivity contribution < 1.29 is 13.2 Å². The zero-order valence-electron chi connectivity index (χ0n) is 15.9. The maximum Gasteiger partial charge on any atom is 0.284 e. The molecule has 0 radical (unpaired) electrons. The molecule has 1 amide bonds. The van der Waals surface area contributed by atoms with Crippen LogP contribution in [0.2, 0.25) is 5.02 Å². The lowest BCUT2D eigenvalue weighted by molar-refractivity contribution is -0.114. The minimum Gasteiger partial charge on any atom is -0.346 e. The number of anilines is 2. The number of nitrogens with zero attached hydrogens (tertiary/aromatic N) is 3. The van der Waals surface area contributed by atoms with Gasteiger partial charge >= 0.3 is 0 Å². The second-order valence-electron chi connectivity index (χ2n) is 6.69. The topological polar surface area (TPSA) is 91.7 Å². The largest absolute Gasteiger partial charge is 0.346 e. The van der Waals surface area contributed by atoms with Gasteiger partial charge in [0.05, 0.1) is 5.69 Å². The molecule has 0 saturated heterocycles. The molecule has 3 aromatic rings. The first-order chi connectivity index (χ1) is 14.4. The summed E-state index contributed by atoms with van der Waals surface area (Å²) in [6.07, 6.45) is 1.48. The number of aryl methyl sites for hydroxylation is 1. The fourth-order valence-electron chi connectivity index (χ4n) is 2.99. The number of sulfone groups is 1. The first kappa shape index (κ1) is 20.1. The van der Waals surface area contributed by atoms with E-state index in [1.165, 1.54) is 23.3 Å². The van der Waals surface area contributed by atoms with Gasteiger partial charge in [0, 0.05) is 17.8 Å². The molecule has 1 aliphatic heterocycles. The van der Waals surface area contributed by atoms with E-state index in [0.29, 0.717) is 10.7 Å². The standard InChI is InChI=1S/C21H17ClN4O3S/c1-14-7-9-17(10-8-14)26-19-18(6-3-11-23-19)30(28,29)21(25-26)20(27)24-13-15-4-2-5-16(22)12-15/h2-12H,13H2,1H3,(H,24,27). The summed E-state index contributed by atoms with van der Waals surface area (Å²) in [5, 5.41) is 8.07. The summed E-state index contributed by atoms with van der Waals surface area (Å²) in [6, 6.07) is 17.2. The average molecular weight is 441 g/mol. The van der Waals surface area contributed by atoms with Gasteiger partial charge in [-0.1, -0.05) is 41.4 Å². The van der Waals surface area contributed by atoms with Crippen LogP contribution >= 0.6 is 11.6 Å². The summed E-state index contributed by atoms with van der Waals surface area (Å²) in [6.45, 7) is 2.05. The summed E-state index contributed by atoms with van der Waals surface area (Å²) in [5.41, 5.74) is 2.37. The van der Waals surface area contributed by atoms with E-state index in [1.54, 1.807) is 36.4 Å². The fraction of sp³-hybridized carbons (Fsp3) is 0.0952. The molecule has 152 valence electrons. The number of benzene rings is 2. The molecule has 1 aromatic heterocycles. The molecule has 0 aliphatic carbocycles. The van der Waals surface area contributed by atoms with E-state index in [1.807, 2.05) is 19.1 Å². The smallest absolute Gasteiger partial charge is 0.284 e. The fourth-order valence-corrected chi connectivity index (χ4v) is 4.55. The number of hydrazone groups is 1. The number of rotatable bonds is 4. The quantitative estimate of drug-likeness (QED) is 0.669. The highest BCUT2D eigenvalue weighted by molar-refractivity contribution is 8.08. The molecular weight excluding hydrogens is 424 g/mol. The number of fused-ring (bicyclic) bond motifs is 1. The third kappa shape index (κ3) is 3.79. The first-order valence-corrected chi connectivity index (χ1v) is 10.9. The lowest BCUT2D eigenvalue weighted by atomic mass is 10.2. The normalized spacial score (nSPS) is 14.6. The number of hydrogen-bond acceptors (Lipinski definition) is 6. The first-order valence-electron chi connectivity index (χ1n) is 9.04. The van der Waals surface area contributed by atoms with Crippen molar-refractivity contribution in [2.75, 3.05) is 5.01 Å². The molecule has 0 unspecified atom stereocenters. The highest BCUT2D eigenvalue weighted by atomic mass is 35.5. The Bertz CT molecular complexity index is 1260. The maximum absolute atomic E-state index is 13.1. The third-order valence-electron chi connectivity index (χ3n) is 4.50. The summed E-state index contributed by atoms with van der Waals surface area (Å²) >= 11 is 5.96. The van der Waals surface area contributed by atoms with E-state index in [4.69, 9.17) is 11.6 Å². The van der Waals surface area contributed by atoms with Crippen molar-refractivity contribution in [1.29, 1.82) is 0 Å². The van der Waals surface area contributed by atoms with Gasteiger partial charge < -0.3 is 5.32 Å². The van der Waals surface area contributed by atoms with Gasteiger partial charge in [0.25, 0.3) is 5.91 Å². The summed E-state index contributed by atoms with van der Waals surface area (Å²) in [7, 11) is -4.14. The van der Waals surface area contributed by atoms with Crippen LogP contribution in [-0.2, 0) is 21.2 Å². The van der Waals surface area contributed by atoms with Crippen molar-refractivity contribution in [3.8, 4) is 0 Å². The minimum absolute atomic E-state index is 0.0755. The number of carbonyl (C=O) groups excluding carboxylic acids is 1. The molecule has 0 saturated carbocycles. The molecular formula is C21H17ClN4O3S. The second-order valence-corrected chi connectivity index (χ2v) is 8.96. The van der Waals surface area contributed by atoms with E-state index in [9.17, 15) is 13.2 Å². The Morgan fingerprint density at radius 2 is 1.87 bits per heavy atom. The van der Waals surface area contributed by atoms with E-state index in [-0.39, 0.29) is 17.3 Å². The van der Waals surface area contributed by atoms with Crippen LogP contribution in [0, 0.1) is 6.92 Å². The van der Waals surface area contributed by atoms with Crippen LogP contribution in [0.3, 0.4) is 0 Å². The lowest BCUT2D eigenvalue weighted by Crippen LogP contribution is -2.40. The molecule has 0 fully saturated rings. The summed E-state index contributed by atoms with van der Waals surface area (Å²) in [5.74, 6) is -0.658. The molecule has 0 atom stereocenters. The van der Waals surface area contributed by atoms with Crippen molar-refractivity contribution in [2.24, 2.45) is 5.10 Å². The number of carbonyl (C=O) groups is 1. The Labute approximate surface area is 178 Å². The van der Waals surface area contributed by atoms with Gasteiger partial charge in [-0.15, -0.1) is 5.10 Å². The van der Waals surface area contributed by atoms with Gasteiger partial charge in [0.15, 0.2) is 5.82 Å². The van der Waals surface area contributed by atoms with Crippen LogP contribution in [0.5, 0.6) is 0 Å². The SMILES string of the molecule is Cc1ccc(N2N=C(C(=O)NCc3cccc(Cl)c3)S(=O)(=O)c3cccnc32)cc1. The zero-order valence-corrected chi connectivity index (χ0v) is 17.5. The molecule has 2 heterocycles. The van der Waals surface area contributed by atoms with Gasteiger partial charge in [0.2, 0.25) is 14.9 Å². The molecule has 2 aromatic carbocycles. The van der Waals surface area contributed by atoms with Crippen LogP contribution in [0.1, 0.15) is 11.1 Å². The van der Waals surface area contributed by atoms with Gasteiger partial charge in [-0.3, -0.25) is 4.79 Å². The molecule has 30 heavy (non-hydrogen) atoms. The highest BCUT2D eigenvalue weighted by Crippen LogP contribution is 2.35. The molecule has 9 heteroatoms. The molecule has 0 bridgehead atoms. The Kier molecular flexibility index (Phi) is 5.27.